The fourth-order valence-corrected chi connectivity index (χ4v) is 3.80. The molecule has 3 aromatic rings. The summed E-state index contributed by atoms with van der Waals surface area (Å²) in [5, 5.41) is 8.37. The number of rotatable bonds is 5. The highest BCUT2D eigenvalue weighted by atomic mass is 16.5. The zero-order valence-electron chi connectivity index (χ0n) is 15.4. The maximum atomic E-state index is 5.73. The average molecular weight is 352 g/mol. The van der Waals surface area contributed by atoms with Gasteiger partial charge in [0.25, 0.3) is 0 Å². The minimum absolute atomic E-state index is 0.126. The Kier molecular flexibility index (Phi) is 4.57. The molecule has 136 valence electrons. The Labute approximate surface area is 153 Å². The number of aryl methyl sites for hydroxylation is 2. The normalized spacial score (nSPS) is 20.7. The van der Waals surface area contributed by atoms with E-state index < -0.39 is 0 Å². The second-order valence-corrected chi connectivity index (χ2v) is 6.86. The van der Waals surface area contributed by atoms with Crippen molar-refractivity contribution in [3.05, 3.63) is 59.9 Å². The van der Waals surface area contributed by atoms with Crippen LogP contribution in [0.1, 0.15) is 23.1 Å². The van der Waals surface area contributed by atoms with Gasteiger partial charge >= 0.3 is 0 Å². The molecule has 1 aliphatic heterocycles. The number of ether oxygens (including phenoxy) is 1. The van der Waals surface area contributed by atoms with E-state index in [9.17, 15) is 0 Å². The molecule has 1 fully saturated rings. The van der Waals surface area contributed by atoms with Gasteiger partial charge < -0.3 is 4.74 Å². The van der Waals surface area contributed by atoms with Gasteiger partial charge in [-0.05, 0) is 19.1 Å². The molecule has 1 saturated heterocycles. The number of aromatic nitrogens is 5. The van der Waals surface area contributed by atoms with Crippen molar-refractivity contribution in [2.45, 2.75) is 25.5 Å². The van der Waals surface area contributed by atoms with E-state index in [1.807, 2.05) is 32.4 Å². The van der Waals surface area contributed by atoms with Crippen LogP contribution in [0, 0.1) is 6.92 Å². The molecule has 1 aromatic carbocycles. The van der Waals surface area contributed by atoms with Crippen LogP contribution in [0.25, 0.3) is 5.69 Å². The first kappa shape index (κ1) is 16.9. The molecule has 1 aliphatic rings. The van der Waals surface area contributed by atoms with E-state index in [4.69, 9.17) is 4.74 Å². The lowest BCUT2D eigenvalue weighted by Gasteiger charge is -2.17. The lowest BCUT2D eigenvalue weighted by Crippen LogP contribution is -2.23. The van der Waals surface area contributed by atoms with Crippen LogP contribution in [-0.2, 0) is 18.3 Å². The summed E-state index contributed by atoms with van der Waals surface area (Å²) < 4.78 is 9.70. The highest BCUT2D eigenvalue weighted by Crippen LogP contribution is 2.29. The summed E-state index contributed by atoms with van der Waals surface area (Å²) in [7, 11) is 3.67. The summed E-state index contributed by atoms with van der Waals surface area (Å²) in [6.07, 6.45) is 4.08. The Hall–Kier alpha value is -2.51. The summed E-state index contributed by atoms with van der Waals surface area (Å²) in [6, 6.07) is 10.4. The Morgan fingerprint density at radius 2 is 2.00 bits per heavy atom. The number of likely N-dealkylation sites (tertiary alicyclic amines) is 1. The number of para-hydroxylation sites is 1. The summed E-state index contributed by atoms with van der Waals surface area (Å²) >= 11 is 0. The molecule has 7 heteroatoms. The van der Waals surface area contributed by atoms with E-state index in [0.29, 0.717) is 0 Å². The number of hydrogen-bond donors (Lipinski definition) is 0. The highest BCUT2D eigenvalue weighted by Gasteiger charge is 2.36. The van der Waals surface area contributed by atoms with Crippen LogP contribution in [-0.4, -0.2) is 55.7 Å². The fourth-order valence-electron chi connectivity index (χ4n) is 3.80. The van der Waals surface area contributed by atoms with E-state index in [1.165, 1.54) is 5.69 Å². The van der Waals surface area contributed by atoms with Crippen LogP contribution < -0.4 is 0 Å². The molecule has 7 nitrogen and oxygen atoms in total. The van der Waals surface area contributed by atoms with Gasteiger partial charge in [0.05, 0.1) is 23.7 Å². The standard InChI is InChI=1S/C19H24N6O/c1-14-20-9-16(25(14)15-7-5-4-6-8-15)10-24-11-17(19(13-24)26-3)18-12-23(2)22-21-18/h4-9,12,17,19H,10-11,13H2,1-3H3/t17-,19+/m0/s1. The van der Waals surface area contributed by atoms with Crippen LogP contribution in [0.4, 0.5) is 0 Å². The number of nitrogens with zero attached hydrogens (tertiary/aromatic N) is 6. The minimum Gasteiger partial charge on any atom is -0.379 e. The van der Waals surface area contributed by atoms with E-state index in [2.05, 4.69) is 49.0 Å². The first-order valence-electron chi connectivity index (χ1n) is 8.85. The van der Waals surface area contributed by atoms with E-state index in [0.717, 1.165) is 36.8 Å². The van der Waals surface area contributed by atoms with Crippen molar-refractivity contribution in [2.75, 3.05) is 20.2 Å². The van der Waals surface area contributed by atoms with Crippen LogP contribution in [0.5, 0.6) is 0 Å². The fraction of sp³-hybridized carbons (Fsp3) is 0.421. The van der Waals surface area contributed by atoms with Gasteiger partial charge in [0.2, 0.25) is 0 Å². The monoisotopic (exact) mass is 352 g/mol. The average Bonchev–Trinajstić information content (AvgIpc) is 3.35. The predicted molar refractivity (Wildman–Crippen MR) is 98.1 cm³/mol. The molecule has 4 rings (SSSR count). The molecule has 0 spiro atoms. The van der Waals surface area contributed by atoms with E-state index in [-0.39, 0.29) is 12.0 Å². The largest absolute Gasteiger partial charge is 0.379 e. The van der Waals surface area contributed by atoms with Crippen molar-refractivity contribution < 1.29 is 4.74 Å². The van der Waals surface area contributed by atoms with Gasteiger partial charge in [-0.25, -0.2) is 4.98 Å². The van der Waals surface area contributed by atoms with Crippen molar-refractivity contribution in [1.82, 2.24) is 29.4 Å². The van der Waals surface area contributed by atoms with Gasteiger partial charge in [-0.2, -0.15) is 0 Å². The van der Waals surface area contributed by atoms with Crippen molar-refractivity contribution in [3.8, 4) is 5.69 Å². The molecule has 0 N–H and O–H groups in total. The van der Waals surface area contributed by atoms with Crippen molar-refractivity contribution in [3.63, 3.8) is 0 Å². The second kappa shape index (κ2) is 7.01. The smallest absolute Gasteiger partial charge is 0.110 e. The highest BCUT2D eigenvalue weighted by molar-refractivity contribution is 5.35. The molecule has 0 amide bonds. The zero-order chi connectivity index (χ0) is 18.1. The number of benzene rings is 1. The van der Waals surface area contributed by atoms with Gasteiger partial charge in [0.1, 0.15) is 5.82 Å². The Morgan fingerprint density at radius 3 is 2.69 bits per heavy atom. The number of methoxy groups -OCH3 is 1. The van der Waals surface area contributed by atoms with Gasteiger partial charge in [0, 0.05) is 51.6 Å². The molecule has 0 aliphatic carbocycles. The van der Waals surface area contributed by atoms with Gasteiger partial charge in [0.15, 0.2) is 0 Å². The lowest BCUT2D eigenvalue weighted by molar-refractivity contribution is 0.0956. The van der Waals surface area contributed by atoms with Crippen LogP contribution in [0.3, 0.4) is 0 Å². The molecule has 2 aromatic heterocycles. The summed E-state index contributed by atoms with van der Waals surface area (Å²) in [4.78, 5) is 6.94. The molecule has 0 saturated carbocycles. The Balaban J connectivity index is 1.55. The molecule has 26 heavy (non-hydrogen) atoms. The van der Waals surface area contributed by atoms with Crippen LogP contribution in [0.15, 0.2) is 42.7 Å². The third kappa shape index (κ3) is 3.15. The first-order valence-corrected chi connectivity index (χ1v) is 8.85. The molecule has 3 heterocycles. The van der Waals surface area contributed by atoms with E-state index in [1.54, 1.807) is 11.8 Å². The maximum Gasteiger partial charge on any atom is 0.110 e. The molecule has 2 atom stereocenters. The molecule has 0 radical (unpaired) electrons. The van der Waals surface area contributed by atoms with Crippen LogP contribution >= 0.6 is 0 Å². The maximum absolute atomic E-state index is 5.73. The minimum atomic E-state index is 0.126. The predicted octanol–water partition coefficient (Wildman–Crippen LogP) is 1.92. The number of imidazole rings is 1. The third-order valence-corrected chi connectivity index (χ3v) is 5.06. The summed E-state index contributed by atoms with van der Waals surface area (Å²) in [5.41, 5.74) is 3.32. The molecule has 0 bridgehead atoms. The topological polar surface area (TPSA) is 61.0 Å². The quantitative estimate of drug-likeness (QED) is 0.702. The van der Waals surface area contributed by atoms with Crippen molar-refractivity contribution in [1.29, 1.82) is 0 Å². The Bertz CT molecular complexity index is 871. The van der Waals surface area contributed by atoms with Crippen LogP contribution in [0.2, 0.25) is 0 Å². The third-order valence-electron chi connectivity index (χ3n) is 5.06. The zero-order valence-corrected chi connectivity index (χ0v) is 15.4. The first-order chi connectivity index (χ1) is 12.7. The van der Waals surface area contributed by atoms with Gasteiger partial charge in [-0.15, -0.1) is 5.10 Å². The summed E-state index contributed by atoms with van der Waals surface area (Å²) in [6.45, 7) is 4.64. The summed E-state index contributed by atoms with van der Waals surface area (Å²) in [5.74, 6) is 1.24. The van der Waals surface area contributed by atoms with Crippen molar-refractivity contribution >= 4 is 0 Å². The van der Waals surface area contributed by atoms with Gasteiger partial charge in [-0.3, -0.25) is 14.1 Å². The van der Waals surface area contributed by atoms with Crippen molar-refractivity contribution in [2.24, 2.45) is 7.05 Å². The SMILES string of the molecule is CO[C@@H]1CN(Cc2cnc(C)n2-c2ccccc2)C[C@H]1c1cn(C)nn1. The van der Waals surface area contributed by atoms with E-state index >= 15 is 0 Å². The number of hydrogen-bond acceptors (Lipinski definition) is 5. The molecular weight excluding hydrogens is 328 g/mol. The molecule has 0 unspecified atom stereocenters. The van der Waals surface area contributed by atoms with Gasteiger partial charge in [-0.1, -0.05) is 23.4 Å². The Morgan fingerprint density at radius 1 is 1.19 bits per heavy atom. The lowest BCUT2D eigenvalue weighted by atomic mass is 10.0. The molecular formula is C19H24N6O. The second-order valence-electron chi connectivity index (χ2n) is 6.86.